The van der Waals surface area contributed by atoms with Crippen LogP contribution in [0.2, 0.25) is 0 Å². The summed E-state index contributed by atoms with van der Waals surface area (Å²) in [5, 5.41) is 9.06. The van der Waals surface area contributed by atoms with Crippen molar-refractivity contribution in [1.82, 2.24) is 5.06 Å². The van der Waals surface area contributed by atoms with Gasteiger partial charge in [0.25, 0.3) is 5.92 Å². The van der Waals surface area contributed by atoms with Crippen LogP contribution in [0.4, 0.5) is 8.78 Å². The van der Waals surface area contributed by atoms with Crippen molar-refractivity contribution in [3.8, 4) is 0 Å². The molecule has 1 heterocycles. The van der Waals surface area contributed by atoms with Gasteiger partial charge in [-0.05, 0) is 0 Å². The van der Waals surface area contributed by atoms with Gasteiger partial charge in [0.2, 0.25) is 0 Å². The van der Waals surface area contributed by atoms with Crippen LogP contribution in [0.5, 0.6) is 0 Å². The number of nitrogens with zero attached hydrogens (tertiary/aromatic N) is 1. The Morgan fingerprint density at radius 3 is 2.25 bits per heavy atom. The topological polar surface area (TPSA) is 23.5 Å². The monoisotopic (exact) mass is 123 g/mol. The van der Waals surface area contributed by atoms with Crippen LogP contribution in [0.15, 0.2) is 0 Å². The van der Waals surface area contributed by atoms with Gasteiger partial charge >= 0.3 is 0 Å². The van der Waals surface area contributed by atoms with Crippen LogP contribution in [-0.2, 0) is 0 Å². The zero-order valence-corrected chi connectivity index (χ0v) is 4.27. The Morgan fingerprint density at radius 2 is 2.12 bits per heavy atom. The zero-order valence-electron chi connectivity index (χ0n) is 4.27. The van der Waals surface area contributed by atoms with E-state index in [1.54, 1.807) is 0 Å². The summed E-state index contributed by atoms with van der Waals surface area (Å²) in [6.07, 6.45) is -0.219. The first kappa shape index (κ1) is 5.91. The van der Waals surface area contributed by atoms with E-state index in [-0.39, 0.29) is 13.0 Å². The van der Waals surface area contributed by atoms with Crippen molar-refractivity contribution in [3.63, 3.8) is 0 Å². The molecule has 1 N–H and O–H groups in total. The van der Waals surface area contributed by atoms with Gasteiger partial charge in [0.05, 0.1) is 6.54 Å². The van der Waals surface area contributed by atoms with E-state index in [1.165, 1.54) is 0 Å². The predicted molar refractivity (Wildman–Crippen MR) is 22.9 cm³/mol. The Hall–Kier alpha value is -0.220. The van der Waals surface area contributed by atoms with Crippen LogP contribution < -0.4 is 0 Å². The van der Waals surface area contributed by atoms with Crippen LogP contribution in [-0.4, -0.2) is 29.3 Å². The fourth-order valence-corrected chi connectivity index (χ4v) is 0.718. The van der Waals surface area contributed by atoms with Crippen LogP contribution in [0.25, 0.3) is 0 Å². The molecular formula is C4H7F2NO. The molecule has 0 aromatic rings. The molecule has 0 amide bonds. The Kier molecular flexibility index (Phi) is 1.21. The van der Waals surface area contributed by atoms with E-state index >= 15 is 0 Å². The van der Waals surface area contributed by atoms with E-state index in [0.29, 0.717) is 5.06 Å². The molecule has 0 spiro atoms. The van der Waals surface area contributed by atoms with E-state index in [2.05, 4.69) is 0 Å². The van der Waals surface area contributed by atoms with Crippen molar-refractivity contribution in [1.29, 1.82) is 0 Å². The number of halogens is 2. The van der Waals surface area contributed by atoms with E-state index < -0.39 is 12.5 Å². The molecule has 1 aliphatic rings. The van der Waals surface area contributed by atoms with Gasteiger partial charge < -0.3 is 5.21 Å². The van der Waals surface area contributed by atoms with Gasteiger partial charge in [-0.15, -0.1) is 0 Å². The Bertz CT molecular complexity index is 96.0. The van der Waals surface area contributed by atoms with Gasteiger partial charge in [0.15, 0.2) is 0 Å². The van der Waals surface area contributed by atoms with Crippen molar-refractivity contribution in [2.45, 2.75) is 12.3 Å². The first-order valence-corrected chi connectivity index (χ1v) is 2.42. The Balaban J connectivity index is 2.44. The lowest BCUT2D eigenvalue weighted by atomic mass is 10.3. The van der Waals surface area contributed by atoms with E-state index in [1.807, 2.05) is 0 Å². The van der Waals surface area contributed by atoms with Crippen LogP contribution in [0.1, 0.15) is 6.42 Å². The van der Waals surface area contributed by atoms with Crippen molar-refractivity contribution in [2.75, 3.05) is 13.1 Å². The molecule has 0 aliphatic carbocycles. The molecule has 0 radical (unpaired) electrons. The molecule has 1 fully saturated rings. The minimum Gasteiger partial charge on any atom is -0.314 e. The van der Waals surface area contributed by atoms with Gasteiger partial charge in [-0.2, -0.15) is 5.06 Å². The molecule has 1 rings (SSSR count). The van der Waals surface area contributed by atoms with Crippen LogP contribution >= 0.6 is 0 Å². The van der Waals surface area contributed by atoms with Crippen molar-refractivity contribution < 1.29 is 14.0 Å². The van der Waals surface area contributed by atoms with Crippen molar-refractivity contribution >= 4 is 0 Å². The van der Waals surface area contributed by atoms with E-state index in [0.717, 1.165) is 0 Å². The smallest absolute Gasteiger partial charge is 0.264 e. The normalized spacial score (nSPS) is 28.9. The summed E-state index contributed by atoms with van der Waals surface area (Å²) in [4.78, 5) is 0. The van der Waals surface area contributed by atoms with Crippen LogP contribution in [0, 0.1) is 0 Å². The maximum atomic E-state index is 12.0. The molecule has 2 nitrogen and oxygen atoms in total. The number of hydroxylamine groups is 2. The van der Waals surface area contributed by atoms with Gasteiger partial charge in [-0.1, -0.05) is 0 Å². The van der Waals surface area contributed by atoms with Gasteiger partial charge in [-0.3, -0.25) is 0 Å². The highest BCUT2D eigenvalue weighted by Gasteiger charge is 2.37. The molecule has 8 heavy (non-hydrogen) atoms. The highest BCUT2D eigenvalue weighted by Crippen LogP contribution is 2.24. The third kappa shape index (κ3) is 1.14. The van der Waals surface area contributed by atoms with Crippen molar-refractivity contribution in [2.24, 2.45) is 0 Å². The third-order valence-electron chi connectivity index (χ3n) is 1.15. The minimum absolute atomic E-state index is 0.0903. The van der Waals surface area contributed by atoms with Gasteiger partial charge in [0, 0.05) is 13.0 Å². The summed E-state index contributed by atoms with van der Waals surface area (Å²) in [5.41, 5.74) is 0. The molecular weight excluding hydrogens is 116 g/mol. The first-order valence-electron chi connectivity index (χ1n) is 2.42. The molecule has 0 bridgehead atoms. The second-order valence-electron chi connectivity index (χ2n) is 1.99. The quantitative estimate of drug-likeness (QED) is 0.513. The molecule has 0 aromatic carbocycles. The standard InChI is InChI=1S/C4H7F2NO/c5-4(6)1-2-7(8)3-4/h8H,1-3H2. The van der Waals surface area contributed by atoms with Gasteiger partial charge in [0.1, 0.15) is 0 Å². The summed E-state index contributed by atoms with van der Waals surface area (Å²) >= 11 is 0. The number of hydrogen-bond acceptors (Lipinski definition) is 2. The van der Waals surface area contributed by atoms with Crippen molar-refractivity contribution in [3.05, 3.63) is 0 Å². The van der Waals surface area contributed by atoms with E-state index in [4.69, 9.17) is 5.21 Å². The molecule has 0 atom stereocenters. The first-order chi connectivity index (χ1) is 3.60. The maximum Gasteiger partial charge on any atom is 0.264 e. The molecule has 0 unspecified atom stereocenters. The SMILES string of the molecule is ON1CCC(F)(F)C1. The number of alkyl halides is 2. The average molecular weight is 123 g/mol. The fourth-order valence-electron chi connectivity index (χ4n) is 0.718. The summed E-state index contributed by atoms with van der Waals surface area (Å²) in [6, 6.07) is 0. The molecule has 48 valence electrons. The fraction of sp³-hybridized carbons (Fsp3) is 1.00. The predicted octanol–water partition coefficient (Wildman–Crippen LogP) is 0.717. The highest BCUT2D eigenvalue weighted by molar-refractivity contribution is 4.76. The van der Waals surface area contributed by atoms with Gasteiger partial charge in [-0.25, -0.2) is 8.78 Å². The van der Waals surface area contributed by atoms with Crippen LogP contribution in [0.3, 0.4) is 0 Å². The lowest BCUT2D eigenvalue weighted by molar-refractivity contribution is -0.0984. The number of rotatable bonds is 0. The Labute approximate surface area is 45.7 Å². The summed E-state index contributed by atoms with van der Waals surface area (Å²) in [7, 11) is 0. The molecule has 4 heteroatoms. The molecule has 0 aromatic heterocycles. The molecule has 1 saturated heterocycles. The highest BCUT2D eigenvalue weighted by atomic mass is 19.3. The molecule has 1 aliphatic heterocycles. The van der Waals surface area contributed by atoms with E-state index in [9.17, 15) is 8.78 Å². The largest absolute Gasteiger partial charge is 0.314 e. The zero-order chi connectivity index (χ0) is 6.20. The minimum atomic E-state index is -2.66. The second kappa shape index (κ2) is 1.63. The average Bonchev–Trinajstić information content (AvgIpc) is 1.82. The summed E-state index contributed by atoms with van der Waals surface area (Å²) in [5.74, 6) is -2.66. The lowest BCUT2D eigenvalue weighted by Crippen LogP contribution is -2.21. The lowest BCUT2D eigenvalue weighted by Gasteiger charge is -2.05. The summed E-state index contributed by atoms with van der Waals surface area (Å²) < 4.78 is 24.0. The number of hydrogen-bond donors (Lipinski definition) is 1. The summed E-state index contributed by atoms with van der Waals surface area (Å²) in [6.45, 7) is -0.417. The third-order valence-corrected chi connectivity index (χ3v) is 1.15. The Morgan fingerprint density at radius 1 is 1.50 bits per heavy atom. The molecule has 0 saturated carbocycles. The maximum absolute atomic E-state index is 12.0. The second-order valence-corrected chi connectivity index (χ2v) is 1.99.